The molecule has 1 amide bonds. The molecule has 168 valence electrons. The highest BCUT2D eigenvalue weighted by atomic mass is 127. The molecule has 2 aliphatic rings. The topological polar surface area (TPSA) is 96.1 Å². The predicted octanol–water partition coefficient (Wildman–Crippen LogP) is 1.84. The van der Waals surface area contributed by atoms with Crippen molar-refractivity contribution in [3.63, 3.8) is 0 Å². The fourth-order valence-electron chi connectivity index (χ4n) is 3.66. The summed E-state index contributed by atoms with van der Waals surface area (Å²) in [4.78, 5) is 24.9. The molecule has 1 atom stereocenters. The van der Waals surface area contributed by atoms with Crippen molar-refractivity contribution in [2.24, 2.45) is 22.6 Å². The molecule has 8 nitrogen and oxygen atoms in total. The lowest BCUT2D eigenvalue weighted by molar-refractivity contribution is -0.122. The SMILES string of the molecule is CN=C(NCc1cccnc1N1CCCC(C(N)=O)C1)N(C)CCOCC1CC1.I. The Kier molecular flexibility index (Phi) is 10.1. The van der Waals surface area contributed by atoms with E-state index in [-0.39, 0.29) is 35.8 Å². The number of aliphatic imine (C=N–C) groups is 1. The average Bonchev–Trinajstić information content (AvgIpc) is 3.56. The standard InChI is InChI=1S/C21H34N6O2.HI/c1-23-21(26(2)11-12-29-15-16-7-8-16)25-13-17-5-3-9-24-20(17)27-10-4-6-18(14-27)19(22)28;/h3,5,9,16,18H,4,6-8,10-15H2,1-2H3,(H2,22,28)(H,23,25);1H. The largest absolute Gasteiger partial charge is 0.379 e. The van der Waals surface area contributed by atoms with E-state index in [2.05, 4.69) is 31.2 Å². The number of halogens is 1. The Balaban J connectivity index is 0.00000320. The number of ether oxygens (including phenoxy) is 1. The number of pyridine rings is 1. The number of hydrogen-bond donors (Lipinski definition) is 2. The van der Waals surface area contributed by atoms with Crippen LogP contribution in [0.4, 0.5) is 5.82 Å². The van der Waals surface area contributed by atoms with Crippen molar-refractivity contribution in [1.82, 2.24) is 15.2 Å². The van der Waals surface area contributed by atoms with Crippen LogP contribution in [0.5, 0.6) is 0 Å². The number of anilines is 1. The Morgan fingerprint density at radius 1 is 1.43 bits per heavy atom. The van der Waals surface area contributed by atoms with Crippen LogP contribution in [0.3, 0.4) is 0 Å². The molecule has 0 radical (unpaired) electrons. The maximum atomic E-state index is 11.6. The minimum absolute atomic E-state index is 0. The molecule has 1 aromatic heterocycles. The second kappa shape index (κ2) is 12.3. The van der Waals surface area contributed by atoms with E-state index in [4.69, 9.17) is 10.5 Å². The van der Waals surface area contributed by atoms with E-state index in [0.717, 1.165) is 55.8 Å². The van der Waals surface area contributed by atoms with Gasteiger partial charge in [-0.3, -0.25) is 9.79 Å². The van der Waals surface area contributed by atoms with Crippen LogP contribution in [0, 0.1) is 11.8 Å². The van der Waals surface area contributed by atoms with E-state index in [1.165, 1.54) is 12.8 Å². The lowest BCUT2D eigenvalue weighted by atomic mass is 9.97. The first-order chi connectivity index (χ1) is 14.1. The summed E-state index contributed by atoms with van der Waals surface area (Å²) >= 11 is 0. The van der Waals surface area contributed by atoms with Gasteiger partial charge in [0.2, 0.25) is 5.91 Å². The number of amides is 1. The molecule has 3 rings (SSSR count). The maximum Gasteiger partial charge on any atom is 0.222 e. The number of guanidine groups is 1. The van der Waals surface area contributed by atoms with Crippen molar-refractivity contribution in [3.05, 3.63) is 23.9 Å². The molecular formula is C21H35IN6O2. The Hall–Kier alpha value is -1.62. The van der Waals surface area contributed by atoms with Crippen molar-refractivity contribution >= 4 is 41.7 Å². The van der Waals surface area contributed by atoms with Crippen molar-refractivity contribution in [2.75, 3.05) is 51.8 Å². The Morgan fingerprint density at radius 3 is 2.93 bits per heavy atom. The van der Waals surface area contributed by atoms with Gasteiger partial charge in [0.05, 0.1) is 12.5 Å². The van der Waals surface area contributed by atoms with Crippen LogP contribution in [-0.4, -0.2) is 68.7 Å². The van der Waals surface area contributed by atoms with E-state index in [1.54, 1.807) is 13.2 Å². The van der Waals surface area contributed by atoms with Gasteiger partial charge in [0.25, 0.3) is 0 Å². The number of rotatable bonds is 9. The van der Waals surface area contributed by atoms with E-state index in [1.807, 2.05) is 13.1 Å². The summed E-state index contributed by atoms with van der Waals surface area (Å²) in [7, 11) is 3.80. The molecule has 0 bridgehead atoms. The van der Waals surface area contributed by atoms with Crippen LogP contribution in [0.25, 0.3) is 0 Å². The highest BCUT2D eigenvalue weighted by Gasteiger charge is 2.26. The van der Waals surface area contributed by atoms with E-state index in [0.29, 0.717) is 19.7 Å². The number of nitrogens with two attached hydrogens (primary N) is 1. The van der Waals surface area contributed by atoms with Crippen LogP contribution in [-0.2, 0) is 16.1 Å². The molecule has 1 aromatic rings. The smallest absolute Gasteiger partial charge is 0.222 e. The van der Waals surface area contributed by atoms with Gasteiger partial charge >= 0.3 is 0 Å². The molecule has 1 aliphatic heterocycles. The number of primary amides is 1. The minimum Gasteiger partial charge on any atom is -0.379 e. The molecule has 1 saturated carbocycles. The zero-order chi connectivity index (χ0) is 20.6. The Labute approximate surface area is 196 Å². The zero-order valence-electron chi connectivity index (χ0n) is 18.0. The maximum absolute atomic E-state index is 11.6. The van der Waals surface area contributed by atoms with Gasteiger partial charge in [0, 0.05) is 58.6 Å². The average molecular weight is 530 g/mol. The van der Waals surface area contributed by atoms with Gasteiger partial charge in [-0.25, -0.2) is 4.98 Å². The van der Waals surface area contributed by atoms with Gasteiger partial charge in [0.15, 0.2) is 5.96 Å². The second-order valence-corrected chi connectivity index (χ2v) is 8.01. The summed E-state index contributed by atoms with van der Waals surface area (Å²) in [5.41, 5.74) is 6.62. The summed E-state index contributed by atoms with van der Waals surface area (Å²) in [6.45, 7) is 4.50. The summed E-state index contributed by atoms with van der Waals surface area (Å²) < 4.78 is 5.73. The fraction of sp³-hybridized carbons (Fsp3) is 0.667. The van der Waals surface area contributed by atoms with Crippen LogP contribution in [0.1, 0.15) is 31.2 Å². The lowest BCUT2D eigenvalue weighted by Crippen LogP contribution is -2.43. The summed E-state index contributed by atoms with van der Waals surface area (Å²) in [5, 5.41) is 3.42. The van der Waals surface area contributed by atoms with E-state index in [9.17, 15) is 4.79 Å². The highest BCUT2D eigenvalue weighted by Crippen LogP contribution is 2.28. The Bertz CT molecular complexity index is 712. The number of nitrogens with one attached hydrogen (secondary N) is 1. The van der Waals surface area contributed by atoms with Gasteiger partial charge in [-0.15, -0.1) is 24.0 Å². The zero-order valence-corrected chi connectivity index (χ0v) is 20.4. The first-order valence-electron chi connectivity index (χ1n) is 10.6. The van der Waals surface area contributed by atoms with Gasteiger partial charge < -0.3 is 25.6 Å². The second-order valence-electron chi connectivity index (χ2n) is 8.01. The number of likely N-dealkylation sites (N-methyl/N-ethyl adjacent to an activating group) is 1. The van der Waals surface area contributed by atoms with Crippen LogP contribution in [0.2, 0.25) is 0 Å². The van der Waals surface area contributed by atoms with E-state index < -0.39 is 0 Å². The van der Waals surface area contributed by atoms with Crippen LogP contribution >= 0.6 is 24.0 Å². The lowest BCUT2D eigenvalue weighted by Gasteiger charge is -2.33. The summed E-state index contributed by atoms with van der Waals surface area (Å²) in [5.74, 6) is 2.18. The molecule has 1 unspecified atom stereocenters. The number of aromatic nitrogens is 1. The fourth-order valence-corrected chi connectivity index (χ4v) is 3.66. The van der Waals surface area contributed by atoms with Gasteiger partial charge in [-0.1, -0.05) is 6.07 Å². The molecule has 2 fully saturated rings. The monoisotopic (exact) mass is 530 g/mol. The first kappa shape index (κ1) is 24.6. The van der Waals surface area contributed by atoms with Crippen molar-refractivity contribution < 1.29 is 9.53 Å². The molecule has 3 N–H and O–H groups in total. The molecule has 2 heterocycles. The third kappa shape index (κ3) is 7.26. The number of hydrogen-bond acceptors (Lipinski definition) is 5. The molecule has 9 heteroatoms. The van der Waals surface area contributed by atoms with Crippen molar-refractivity contribution in [2.45, 2.75) is 32.2 Å². The number of carbonyl (C=O) groups is 1. The number of carbonyl (C=O) groups excluding carboxylic acids is 1. The molecule has 0 aromatic carbocycles. The number of piperidine rings is 1. The first-order valence-corrected chi connectivity index (χ1v) is 10.6. The van der Waals surface area contributed by atoms with Crippen LogP contribution in [0.15, 0.2) is 23.3 Å². The normalized spacial score (nSPS) is 19.2. The van der Waals surface area contributed by atoms with Crippen molar-refractivity contribution in [1.29, 1.82) is 0 Å². The molecular weight excluding hydrogens is 495 g/mol. The van der Waals surface area contributed by atoms with Gasteiger partial charge in [-0.05, 0) is 37.7 Å². The third-order valence-corrected chi connectivity index (χ3v) is 5.62. The van der Waals surface area contributed by atoms with Gasteiger partial charge in [-0.2, -0.15) is 0 Å². The van der Waals surface area contributed by atoms with Gasteiger partial charge in [0.1, 0.15) is 5.82 Å². The van der Waals surface area contributed by atoms with Crippen LogP contribution < -0.4 is 16.0 Å². The quantitative estimate of drug-likeness (QED) is 0.219. The molecule has 30 heavy (non-hydrogen) atoms. The summed E-state index contributed by atoms with van der Waals surface area (Å²) in [6.07, 6.45) is 6.22. The van der Waals surface area contributed by atoms with Crippen molar-refractivity contribution in [3.8, 4) is 0 Å². The minimum atomic E-state index is -0.226. The molecule has 0 spiro atoms. The summed E-state index contributed by atoms with van der Waals surface area (Å²) in [6, 6.07) is 4.00. The molecule has 1 aliphatic carbocycles. The molecule has 1 saturated heterocycles. The number of nitrogens with zero attached hydrogens (tertiary/aromatic N) is 4. The highest BCUT2D eigenvalue weighted by molar-refractivity contribution is 14.0. The third-order valence-electron chi connectivity index (χ3n) is 5.62. The predicted molar refractivity (Wildman–Crippen MR) is 130 cm³/mol. The Morgan fingerprint density at radius 2 is 2.23 bits per heavy atom. The van der Waals surface area contributed by atoms with E-state index >= 15 is 0 Å².